The van der Waals surface area contributed by atoms with Crippen molar-refractivity contribution >= 4 is 28.9 Å². The monoisotopic (exact) mass is 525 g/mol. The Hall–Kier alpha value is -3.95. The maximum absolute atomic E-state index is 12.9. The van der Waals surface area contributed by atoms with Crippen molar-refractivity contribution in [2.45, 2.75) is 46.8 Å². The molecule has 0 radical (unpaired) electrons. The van der Waals surface area contributed by atoms with Gasteiger partial charge in [-0.15, -0.1) is 0 Å². The average Bonchev–Trinajstić information content (AvgIpc) is 2.87. The van der Waals surface area contributed by atoms with Crippen LogP contribution in [0.15, 0.2) is 60.5 Å². The van der Waals surface area contributed by atoms with Gasteiger partial charge in [0.15, 0.2) is 0 Å². The lowest BCUT2D eigenvalue weighted by atomic mass is 10.0. The van der Waals surface area contributed by atoms with Crippen LogP contribution in [0.2, 0.25) is 0 Å². The smallest absolute Gasteiger partial charge is 0.366 e. The number of benzene rings is 1. The summed E-state index contributed by atoms with van der Waals surface area (Å²) in [5.74, 6) is -0.642. The molecule has 1 fully saturated rings. The van der Waals surface area contributed by atoms with Gasteiger partial charge in [0.25, 0.3) is 0 Å². The second-order valence-corrected chi connectivity index (χ2v) is 9.04. The van der Waals surface area contributed by atoms with Gasteiger partial charge in [0, 0.05) is 25.2 Å². The van der Waals surface area contributed by atoms with E-state index in [4.69, 9.17) is 10.8 Å². The Morgan fingerprint density at radius 3 is 2.47 bits per heavy atom. The van der Waals surface area contributed by atoms with Crippen LogP contribution < -0.4 is 10.2 Å². The topological polar surface area (TPSA) is 92.0 Å². The lowest BCUT2D eigenvalue weighted by molar-refractivity contribution is -0.0671. The number of amidine groups is 2. The van der Waals surface area contributed by atoms with Crippen LogP contribution in [0.4, 0.5) is 24.8 Å². The summed E-state index contributed by atoms with van der Waals surface area (Å²) in [4.78, 5) is 11.1. The molecule has 1 saturated heterocycles. The second-order valence-electron chi connectivity index (χ2n) is 9.04. The quantitative estimate of drug-likeness (QED) is 0.212. The van der Waals surface area contributed by atoms with Gasteiger partial charge in [-0.3, -0.25) is 10.8 Å². The van der Waals surface area contributed by atoms with Gasteiger partial charge < -0.3 is 15.1 Å². The Balaban J connectivity index is 1.69. The van der Waals surface area contributed by atoms with Crippen LogP contribution in [-0.4, -0.2) is 52.3 Å². The van der Waals surface area contributed by atoms with Crippen LogP contribution in [0.3, 0.4) is 0 Å². The Morgan fingerprint density at radius 1 is 1.16 bits per heavy atom. The zero-order valence-corrected chi connectivity index (χ0v) is 22.2. The van der Waals surface area contributed by atoms with Crippen molar-refractivity contribution in [1.29, 1.82) is 10.8 Å². The fraction of sp³-hybridized carbons (Fsp3) is 0.357. The van der Waals surface area contributed by atoms with E-state index in [1.807, 2.05) is 19.9 Å². The maximum Gasteiger partial charge on any atom is 0.449 e. The summed E-state index contributed by atoms with van der Waals surface area (Å²) in [6.45, 7) is 8.59. The molecule has 0 amide bonds. The summed E-state index contributed by atoms with van der Waals surface area (Å²) < 4.78 is 38.8. The minimum absolute atomic E-state index is 0.0772. The SMILES string of the molecule is C\C=C/C(=C\C(C)=C\CC)c1ccc(CNc2ncnc(N3CCN(C(=N)C(F)(F)F)C(=N)C3)c2C)cc1. The number of nitrogens with one attached hydrogen (secondary N) is 3. The molecule has 0 atom stereocenters. The molecular weight excluding hydrogens is 491 g/mol. The normalized spacial score (nSPS) is 15.4. The molecule has 1 aliphatic rings. The predicted octanol–water partition coefficient (Wildman–Crippen LogP) is 6.35. The number of hydrogen-bond donors (Lipinski definition) is 3. The number of piperazine rings is 1. The highest BCUT2D eigenvalue weighted by Gasteiger charge is 2.41. The van der Waals surface area contributed by atoms with Crippen molar-refractivity contribution in [1.82, 2.24) is 14.9 Å². The Bertz CT molecular complexity index is 1240. The van der Waals surface area contributed by atoms with E-state index < -0.39 is 12.0 Å². The Labute approximate surface area is 221 Å². The minimum Gasteiger partial charge on any atom is -0.366 e. The van der Waals surface area contributed by atoms with Crippen molar-refractivity contribution < 1.29 is 13.2 Å². The molecule has 2 aromatic rings. The van der Waals surface area contributed by atoms with Crippen LogP contribution >= 0.6 is 0 Å². The van der Waals surface area contributed by atoms with Crippen LogP contribution in [0.25, 0.3) is 5.57 Å². The standard InChI is InChI=1S/C28H34F3N7/c1-5-7-19(3)15-23(8-6-2)22-11-9-21(10-12-22)16-34-25-20(4)26(36-18-35-25)37-13-14-38(24(32)17-37)27(33)28(29,30)31/h6-12,15,18,32-33H,5,13-14,16-17H2,1-4H3,(H,34,35,36)/b8-6-,19-7+,23-15+,32-24?,33-27?. The fourth-order valence-corrected chi connectivity index (χ4v) is 4.25. The number of allylic oxidation sites excluding steroid dienone is 6. The Kier molecular flexibility index (Phi) is 9.44. The lowest BCUT2D eigenvalue weighted by Crippen LogP contribution is -2.55. The van der Waals surface area contributed by atoms with Crippen molar-refractivity contribution in [3.63, 3.8) is 0 Å². The van der Waals surface area contributed by atoms with E-state index in [-0.39, 0.29) is 25.5 Å². The van der Waals surface area contributed by atoms with E-state index in [9.17, 15) is 13.2 Å². The summed E-state index contributed by atoms with van der Waals surface area (Å²) >= 11 is 0. The van der Waals surface area contributed by atoms with Gasteiger partial charge in [0.2, 0.25) is 5.84 Å². The molecule has 1 aromatic heterocycles. The van der Waals surface area contributed by atoms with E-state index in [0.29, 0.717) is 23.1 Å². The van der Waals surface area contributed by atoms with Gasteiger partial charge in [-0.25, -0.2) is 9.97 Å². The molecule has 0 spiro atoms. The first-order valence-electron chi connectivity index (χ1n) is 12.5. The van der Waals surface area contributed by atoms with Crippen molar-refractivity contribution in [2.75, 3.05) is 29.9 Å². The number of anilines is 2. The average molecular weight is 526 g/mol. The first-order valence-corrected chi connectivity index (χ1v) is 12.5. The minimum atomic E-state index is -4.79. The molecule has 0 bridgehead atoms. The van der Waals surface area contributed by atoms with Crippen LogP contribution in [0.5, 0.6) is 0 Å². The van der Waals surface area contributed by atoms with Crippen molar-refractivity contribution in [3.8, 4) is 0 Å². The molecule has 7 nitrogen and oxygen atoms in total. The van der Waals surface area contributed by atoms with E-state index in [2.05, 4.69) is 71.6 Å². The highest BCUT2D eigenvalue weighted by Crippen LogP contribution is 2.26. The third-order valence-electron chi connectivity index (χ3n) is 6.16. The van der Waals surface area contributed by atoms with Crippen molar-refractivity contribution in [2.24, 2.45) is 0 Å². The fourth-order valence-electron chi connectivity index (χ4n) is 4.25. The van der Waals surface area contributed by atoms with Gasteiger partial charge in [0.1, 0.15) is 23.8 Å². The highest BCUT2D eigenvalue weighted by molar-refractivity contribution is 6.03. The number of aromatic nitrogens is 2. The molecule has 202 valence electrons. The van der Waals surface area contributed by atoms with Crippen molar-refractivity contribution in [3.05, 3.63) is 77.2 Å². The number of rotatable bonds is 8. The van der Waals surface area contributed by atoms with Gasteiger partial charge in [-0.2, -0.15) is 13.2 Å². The summed E-state index contributed by atoms with van der Waals surface area (Å²) in [7, 11) is 0. The second kappa shape index (κ2) is 12.5. The lowest BCUT2D eigenvalue weighted by Gasteiger charge is -2.37. The summed E-state index contributed by atoms with van der Waals surface area (Å²) in [5, 5.41) is 18.7. The Morgan fingerprint density at radius 2 is 1.87 bits per heavy atom. The van der Waals surface area contributed by atoms with Gasteiger partial charge in [-0.1, -0.05) is 61.1 Å². The number of hydrogen-bond acceptors (Lipinski definition) is 6. The molecule has 1 aliphatic heterocycles. The first-order chi connectivity index (χ1) is 18.0. The molecule has 10 heteroatoms. The third kappa shape index (κ3) is 7.08. The van der Waals surface area contributed by atoms with Crippen LogP contribution in [-0.2, 0) is 6.54 Å². The van der Waals surface area contributed by atoms with E-state index in [1.54, 1.807) is 4.90 Å². The van der Waals surface area contributed by atoms with Gasteiger partial charge in [0.05, 0.1) is 6.54 Å². The zero-order valence-electron chi connectivity index (χ0n) is 22.2. The highest BCUT2D eigenvalue weighted by atomic mass is 19.4. The largest absolute Gasteiger partial charge is 0.449 e. The molecule has 3 N–H and O–H groups in total. The molecular formula is C28H34F3N7. The molecule has 0 unspecified atom stereocenters. The number of alkyl halides is 3. The van der Waals surface area contributed by atoms with Crippen LogP contribution in [0.1, 0.15) is 43.9 Å². The number of halogens is 3. The zero-order chi connectivity index (χ0) is 27.9. The molecule has 2 heterocycles. The number of nitrogens with zero attached hydrogens (tertiary/aromatic N) is 4. The molecule has 0 saturated carbocycles. The summed E-state index contributed by atoms with van der Waals surface area (Å²) in [5.41, 5.74) is 5.29. The third-order valence-corrected chi connectivity index (χ3v) is 6.16. The van der Waals surface area contributed by atoms with E-state index in [0.717, 1.165) is 28.7 Å². The molecule has 1 aromatic carbocycles. The van der Waals surface area contributed by atoms with Gasteiger partial charge in [-0.05, 0) is 43.9 Å². The maximum atomic E-state index is 12.9. The van der Waals surface area contributed by atoms with E-state index >= 15 is 0 Å². The predicted molar refractivity (Wildman–Crippen MR) is 148 cm³/mol. The molecule has 0 aliphatic carbocycles. The van der Waals surface area contributed by atoms with Gasteiger partial charge >= 0.3 is 6.18 Å². The molecule has 3 rings (SSSR count). The molecule has 38 heavy (non-hydrogen) atoms. The first kappa shape index (κ1) is 28.6. The van der Waals surface area contributed by atoms with Crippen LogP contribution in [0, 0.1) is 17.7 Å². The summed E-state index contributed by atoms with van der Waals surface area (Å²) in [6, 6.07) is 8.30. The van der Waals surface area contributed by atoms with E-state index in [1.165, 1.54) is 11.9 Å². The summed E-state index contributed by atoms with van der Waals surface area (Å²) in [6.07, 6.45) is 6.09.